The summed E-state index contributed by atoms with van der Waals surface area (Å²) in [4.78, 5) is 21.7. The van der Waals surface area contributed by atoms with Gasteiger partial charge in [0.2, 0.25) is 5.91 Å². The molecule has 0 aliphatic carbocycles. The van der Waals surface area contributed by atoms with Crippen LogP contribution >= 0.6 is 0 Å². The number of rotatable bonds is 5. The number of hydrogen-bond acceptors (Lipinski definition) is 3. The Balaban J connectivity index is 2.72. The minimum absolute atomic E-state index is 0.294. The first-order chi connectivity index (χ1) is 8.04. The number of para-hydroxylation sites is 1. The summed E-state index contributed by atoms with van der Waals surface area (Å²) in [6.45, 7) is 1.78. The number of amides is 1. The Morgan fingerprint density at radius 3 is 2.65 bits per heavy atom. The highest BCUT2D eigenvalue weighted by Gasteiger charge is 2.15. The van der Waals surface area contributed by atoms with Gasteiger partial charge in [-0.15, -0.1) is 0 Å². The van der Waals surface area contributed by atoms with E-state index in [9.17, 15) is 9.59 Å². The van der Waals surface area contributed by atoms with Gasteiger partial charge in [-0.1, -0.05) is 18.2 Å². The fraction of sp³-hybridized carbons (Fsp3) is 0.333. The third kappa shape index (κ3) is 3.79. The van der Waals surface area contributed by atoms with E-state index in [2.05, 4.69) is 5.32 Å². The van der Waals surface area contributed by atoms with Gasteiger partial charge >= 0.3 is 5.97 Å². The van der Waals surface area contributed by atoms with Crippen molar-refractivity contribution in [1.82, 2.24) is 5.32 Å². The van der Waals surface area contributed by atoms with Crippen molar-refractivity contribution in [2.24, 2.45) is 0 Å². The highest BCUT2D eigenvalue weighted by molar-refractivity contribution is 5.93. The third-order valence-corrected chi connectivity index (χ3v) is 2.29. The largest absolute Gasteiger partial charge is 0.496 e. The molecule has 1 aromatic carbocycles. The molecule has 0 saturated heterocycles. The highest BCUT2D eigenvalue weighted by atomic mass is 16.5. The van der Waals surface area contributed by atoms with Crippen LogP contribution in [0.4, 0.5) is 0 Å². The van der Waals surface area contributed by atoms with Crippen LogP contribution in [0.1, 0.15) is 24.9 Å². The van der Waals surface area contributed by atoms with Gasteiger partial charge in [-0.3, -0.25) is 9.59 Å². The normalized spacial score (nSPS) is 11.6. The number of hydrogen-bond donors (Lipinski definition) is 2. The molecule has 1 rings (SSSR count). The average molecular weight is 237 g/mol. The number of carbonyl (C=O) groups is 2. The molecule has 0 radical (unpaired) electrons. The number of ether oxygens (including phenoxy) is 1. The smallest absolute Gasteiger partial charge is 0.312 e. The molecule has 0 spiro atoms. The van der Waals surface area contributed by atoms with Crippen LogP contribution in [0.2, 0.25) is 0 Å². The second kappa shape index (κ2) is 5.89. The molecule has 0 bridgehead atoms. The van der Waals surface area contributed by atoms with Gasteiger partial charge in [0.15, 0.2) is 0 Å². The Morgan fingerprint density at radius 1 is 1.41 bits per heavy atom. The fourth-order valence-electron chi connectivity index (χ4n) is 1.53. The minimum atomic E-state index is -1.14. The summed E-state index contributed by atoms with van der Waals surface area (Å²) in [5.41, 5.74) is 0.814. The summed E-state index contributed by atoms with van der Waals surface area (Å²) in [6.07, 6.45) is -0.528. The van der Waals surface area contributed by atoms with Crippen molar-refractivity contribution < 1.29 is 19.4 Å². The fourth-order valence-corrected chi connectivity index (χ4v) is 1.53. The number of benzene rings is 1. The van der Waals surface area contributed by atoms with Crippen LogP contribution in [0.25, 0.3) is 0 Å². The van der Waals surface area contributed by atoms with Gasteiger partial charge in [0, 0.05) is 5.56 Å². The van der Waals surface area contributed by atoms with E-state index in [4.69, 9.17) is 9.84 Å². The Morgan fingerprint density at radius 2 is 2.06 bits per heavy atom. The van der Waals surface area contributed by atoms with Crippen molar-refractivity contribution in [3.63, 3.8) is 0 Å². The maximum Gasteiger partial charge on any atom is 0.312 e. The zero-order chi connectivity index (χ0) is 12.8. The van der Waals surface area contributed by atoms with Gasteiger partial charge in [-0.25, -0.2) is 0 Å². The van der Waals surface area contributed by atoms with E-state index < -0.39 is 18.3 Å². The number of carboxylic acid groups (broad SMARTS) is 1. The topological polar surface area (TPSA) is 75.6 Å². The Hall–Kier alpha value is -2.04. The summed E-state index contributed by atoms with van der Waals surface area (Å²) in [7, 11) is 1.55. The van der Waals surface area contributed by atoms with Gasteiger partial charge in [0.25, 0.3) is 0 Å². The molecule has 5 nitrogen and oxygen atoms in total. The molecule has 2 N–H and O–H groups in total. The van der Waals surface area contributed by atoms with Crippen molar-refractivity contribution in [3.05, 3.63) is 29.8 Å². The Bertz CT molecular complexity index is 417. The van der Waals surface area contributed by atoms with E-state index in [-0.39, 0.29) is 6.04 Å². The number of carbonyl (C=O) groups excluding carboxylic acids is 1. The van der Waals surface area contributed by atoms with E-state index in [0.717, 1.165) is 5.56 Å². The van der Waals surface area contributed by atoms with Gasteiger partial charge in [0.05, 0.1) is 13.2 Å². The SMILES string of the molecule is COc1ccccc1C(C)NC(=O)CC(=O)O. The standard InChI is InChI=1S/C12H15NO4/c1-8(13-11(14)7-12(15)16)9-5-3-4-6-10(9)17-2/h3-6,8H,7H2,1-2H3,(H,13,14)(H,15,16). The molecule has 92 valence electrons. The van der Waals surface area contributed by atoms with Crippen LogP contribution in [0.5, 0.6) is 5.75 Å². The monoisotopic (exact) mass is 237 g/mol. The van der Waals surface area contributed by atoms with Gasteiger partial charge < -0.3 is 15.2 Å². The maximum absolute atomic E-state index is 11.3. The van der Waals surface area contributed by atoms with Crippen molar-refractivity contribution >= 4 is 11.9 Å². The molecule has 0 aromatic heterocycles. The lowest BCUT2D eigenvalue weighted by Crippen LogP contribution is -2.28. The summed E-state index contributed by atoms with van der Waals surface area (Å²) in [6, 6.07) is 6.98. The van der Waals surface area contributed by atoms with E-state index in [1.165, 1.54) is 0 Å². The van der Waals surface area contributed by atoms with Crippen LogP contribution in [-0.2, 0) is 9.59 Å². The number of aliphatic carboxylic acids is 1. The lowest BCUT2D eigenvalue weighted by molar-refractivity contribution is -0.140. The minimum Gasteiger partial charge on any atom is -0.496 e. The molecule has 0 heterocycles. The Kier molecular flexibility index (Phi) is 4.51. The molecule has 0 fully saturated rings. The lowest BCUT2D eigenvalue weighted by atomic mass is 10.1. The van der Waals surface area contributed by atoms with Crippen molar-refractivity contribution in [2.45, 2.75) is 19.4 Å². The van der Waals surface area contributed by atoms with Gasteiger partial charge in [0.1, 0.15) is 12.2 Å². The predicted molar refractivity (Wildman–Crippen MR) is 61.8 cm³/mol. The van der Waals surface area contributed by atoms with Crippen LogP contribution in [0.3, 0.4) is 0 Å². The van der Waals surface area contributed by atoms with Crippen molar-refractivity contribution in [2.75, 3.05) is 7.11 Å². The van der Waals surface area contributed by atoms with E-state index in [0.29, 0.717) is 5.75 Å². The van der Waals surface area contributed by atoms with Crippen LogP contribution < -0.4 is 10.1 Å². The summed E-state index contributed by atoms with van der Waals surface area (Å²) in [5.74, 6) is -0.999. The van der Waals surface area contributed by atoms with Crippen molar-refractivity contribution in [3.8, 4) is 5.75 Å². The molecule has 0 aliphatic heterocycles. The van der Waals surface area contributed by atoms with Crippen molar-refractivity contribution in [1.29, 1.82) is 0 Å². The second-order valence-electron chi connectivity index (χ2n) is 3.60. The molecular weight excluding hydrogens is 222 g/mol. The second-order valence-corrected chi connectivity index (χ2v) is 3.60. The maximum atomic E-state index is 11.3. The molecule has 1 amide bonds. The van der Waals surface area contributed by atoms with E-state index >= 15 is 0 Å². The van der Waals surface area contributed by atoms with Gasteiger partial charge in [-0.05, 0) is 13.0 Å². The molecular formula is C12H15NO4. The van der Waals surface area contributed by atoms with Crippen LogP contribution in [-0.4, -0.2) is 24.1 Å². The predicted octanol–water partition coefficient (Wildman–Crippen LogP) is 1.35. The number of methoxy groups -OCH3 is 1. The molecule has 17 heavy (non-hydrogen) atoms. The third-order valence-electron chi connectivity index (χ3n) is 2.29. The van der Waals surface area contributed by atoms with Crippen LogP contribution in [0.15, 0.2) is 24.3 Å². The molecule has 1 aromatic rings. The zero-order valence-electron chi connectivity index (χ0n) is 9.77. The lowest BCUT2D eigenvalue weighted by Gasteiger charge is -2.16. The first-order valence-electron chi connectivity index (χ1n) is 5.18. The van der Waals surface area contributed by atoms with E-state index in [1.807, 2.05) is 18.2 Å². The molecule has 5 heteroatoms. The van der Waals surface area contributed by atoms with Crippen LogP contribution in [0, 0.1) is 0 Å². The highest BCUT2D eigenvalue weighted by Crippen LogP contribution is 2.24. The molecule has 1 atom stereocenters. The molecule has 1 unspecified atom stereocenters. The first kappa shape index (κ1) is 13.0. The number of carboxylic acids is 1. The van der Waals surface area contributed by atoms with Gasteiger partial charge in [-0.2, -0.15) is 0 Å². The Labute approximate surface area is 99.4 Å². The average Bonchev–Trinajstić information content (AvgIpc) is 2.27. The molecule has 0 aliphatic rings. The summed E-state index contributed by atoms with van der Waals surface area (Å²) >= 11 is 0. The molecule has 0 saturated carbocycles. The van der Waals surface area contributed by atoms with E-state index in [1.54, 1.807) is 20.1 Å². The first-order valence-corrected chi connectivity index (χ1v) is 5.18. The summed E-state index contributed by atoms with van der Waals surface area (Å²) in [5, 5.41) is 11.1. The quantitative estimate of drug-likeness (QED) is 0.758. The summed E-state index contributed by atoms with van der Waals surface area (Å²) < 4.78 is 5.16. The zero-order valence-corrected chi connectivity index (χ0v) is 9.77. The number of nitrogens with one attached hydrogen (secondary N) is 1.